The third kappa shape index (κ3) is 3.17. The molecule has 0 saturated heterocycles. The lowest BCUT2D eigenvalue weighted by Gasteiger charge is -2.34. The highest BCUT2D eigenvalue weighted by Gasteiger charge is 2.40. The van der Waals surface area contributed by atoms with Gasteiger partial charge < -0.3 is 10.5 Å². The standard InChI is InChI=1S/C22H17BrN2O2/c23-16-8-6-14(7-9-16)20-17(12-24)22(25)27-19-11-15(10-18(26)21(19)20)13-4-2-1-3-5-13/h1-9,15,20H,10-11,25H2/t15-,20-/m1/s1. The molecule has 0 aromatic heterocycles. The van der Waals surface area contributed by atoms with Crippen molar-refractivity contribution >= 4 is 21.7 Å². The van der Waals surface area contributed by atoms with E-state index in [0.717, 1.165) is 15.6 Å². The number of nitrogens with zero attached hydrogens (tertiary/aromatic N) is 1. The van der Waals surface area contributed by atoms with Crippen LogP contribution in [0.3, 0.4) is 0 Å². The lowest BCUT2D eigenvalue weighted by molar-refractivity contribution is -0.117. The quantitative estimate of drug-likeness (QED) is 0.766. The molecular formula is C22H17BrN2O2. The van der Waals surface area contributed by atoms with Crippen molar-refractivity contribution in [3.8, 4) is 6.07 Å². The summed E-state index contributed by atoms with van der Waals surface area (Å²) in [6, 6.07) is 19.7. The Morgan fingerprint density at radius 3 is 2.41 bits per heavy atom. The van der Waals surface area contributed by atoms with Crippen LogP contribution >= 0.6 is 15.9 Å². The van der Waals surface area contributed by atoms with Crippen LogP contribution < -0.4 is 5.73 Å². The summed E-state index contributed by atoms with van der Waals surface area (Å²) in [5.41, 5.74) is 8.89. The molecule has 0 unspecified atom stereocenters. The minimum Gasteiger partial charge on any atom is -0.444 e. The number of ketones is 1. The number of Topliss-reactive ketones (excluding diaryl/α,β-unsaturated/α-hetero) is 1. The molecule has 1 aliphatic carbocycles. The molecule has 0 amide bonds. The van der Waals surface area contributed by atoms with Crippen LogP contribution in [0.2, 0.25) is 0 Å². The lowest BCUT2D eigenvalue weighted by Crippen LogP contribution is -2.29. The largest absolute Gasteiger partial charge is 0.444 e. The number of carbonyl (C=O) groups is 1. The van der Waals surface area contributed by atoms with Gasteiger partial charge in [-0.2, -0.15) is 5.26 Å². The van der Waals surface area contributed by atoms with Crippen LogP contribution in [0.1, 0.15) is 35.8 Å². The molecule has 2 aromatic carbocycles. The van der Waals surface area contributed by atoms with Crippen molar-refractivity contribution in [1.82, 2.24) is 0 Å². The van der Waals surface area contributed by atoms with E-state index in [4.69, 9.17) is 10.5 Å². The average molecular weight is 421 g/mol. The monoisotopic (exact) mass is 420 g/mol. The molecule has 5 heteroatoms. The van der Waals surface area contributed by atoms with Crippen LogP contribution in [0.4, 0.5) is 0 Å². The molecule has 2 atom stereocenters. The molecule has 1 heterocycles. The van der Waals surface area contributed by atoms with Gasteiger partial charge in [0.05, 0.1) is 5.92 Å². The van der Waals surface area contributed by atoms with Crippen molar-refractivity contribution in [2.24, 2.45) is 5.73 Å². The van der Waals surface area contributed by atoms with Gasteiger partial charge in [-0.3, -0.25) is 4.79 Å². The van der Waals surface area contributed by atoms with Crippen LogP contribution in [0.25, 0.3) is 0 Å². The van der Waals surface area contributed by atoms with E-state index in [1.54, 1.807) is 0 Å². The molecule has 0 bridgehead atoms. The van der Waals surface area contributed by atoms with E-state index in [2.05, 4.69) is 22.0 Å². The summed E-state index contributed by atoms with van der Waals surface area (Å²) in [5.74, 6) is 0.268. The molecular weight excluding hydrogens is 404 g/mol. The van der Waals surface area contributed by atoms with Crippen molar-refractivity contribution in [2.45, 2.75) is 24.7 Å². The molecule has 134 valence electrons. The fraction of sp³-hybridized carbons (Fsp3) is 0.182. The van der Waals surface area contributed by atoms with E-state index in [-0.39, 0.29) is 17.6 Å². The molecule has 2 aromatic rings. The smallest absolute Gasteiger partial charge is 0.205 e. The van der Waals surface area contributed by atoms with Gasteiger partial charge in [0.1, 0.15) is 17.4 Å². The van der Waals surface area contributed by atoms with Crippen LogP contribution in [0.15, 0.2) is 81.9 Å². The molecule has 2 N–H and O–H groups in total. The highest BCUT2D eigenvalue weighted by atomic mass is 79.9. The molecule has 0 fully saturated rings. The molecule has 1 aliphatic heterocycles. The number of halogens is 1. The van der Waals surface area contributed by atoms with Gasteiger partial charge in [-0.1, -0.05) is 58.4 Å². The minimum absolute atomic E-state index is 0.0123. The third-order valence-electron chi connectivity index (χ3n) is 5.14. The van der Waals surface area contributed by atoms with E-state index < -0.39 is 5.92 Å². The number of carbonyl (C=O) groups excluding carboxylic acids is 1. The molecule has 0 radical (unpaired) electrons. The van der Waals surface area contributed by atoms with Crippen molar-refractivity contribution in [3.05, 3.63) is 93.0 Å². The first kappa shape index (κ1) is 17.6. The van der Waals surface area contributed by atoms with Gasteiger partial charge in [0.15, 0.2) is 5.78 Å². The topological polar surface area (TPSA) is 76.1 Å². The zero-order chi connectivity index (χ0) is 19.0. The maximum atomic E-state index is 13.1. The summed E-state index contributed by atoms with van der Waals surface area (Å²) < 4.78 is 6.71. The Morgan fingerprint density at radius 1 is 1.04 bits per heavy atom. The summed E-state index contributed by atoms with van der Waals surface area (Å²) in [6.07, 6.45) is 0.995. The minimum atomic E-state index is -0.476. The van der Waals surface area contributed by atoms with Gasteiger partial charge in [0.2, 0.25) is 5.88 Å². The van der Waals surface area contributed by atoms with Crippen molar-refractivity contribution in [2.75, 3.05) is 0 Å². The zero-order valence-corrected chi connectivity index (χ0v) is 16.1. The van der Waals surface area contributed by atoms with Crippen LogP contribution in [-0.2, 0) is 9.53 Å². The van der Waals surface area contributed by atoms with E-state index in [0.29, 0.717) is 29.7 Å². The maximum Gasteiger partial charge on any atom is 0.205 e. The Kier molecular flexibility index (Phi) is 4.59. The molecule has 2 aliphatic rings. The second kappa shape index (κ2) is 7.05. The summed E-state index contributed by atoms with van der Waals surface area (Å²) >= 11 is 3.42. The zero-order valence-electron chi connectivity index (χ0n) is 14.5. The Bertz CT molecular complexity index is 1000. The van der Waals surface area contributed by atoms with Gasteiger partial charge in [0, 0.05) is 22.9 Å². The summed E-state index contributed by atoms with van der Waals surface area (Å²) in [4.78, 5) is 13.1. The number of hydrogen-bond donors (Lipinski definition) is 1. The predicted octanol–water partition coefficient (Wildman–Crippen LogP) is 4.66. The Hall–Kier alpha value is -2.84. The van der Waals surface area contributed by atoms with Crippen LogP contribution in [-0.4, -0.2) is 5.78 Å². The first-order valence-corrected chi connectivity index (χ1v) is 9.52. The highest BCUT2D eigenvalue weighted by molar-refractivity contribution is 9.10. The summed E-state index contributed by atoms with van der Waals surface area (Å²) in [7, 11) is 0. The number of benzene rings is 2. The Balaban J connectivity index is 1.79. The first-order chi connectivity index (χ1) is 13.1. The van der Waals surface area contributed by atoms with Gasteiger partial charge >= 0.3 is 0 Å². The van der Waals surface area contributed by atoms with E-state index in [1.807, 2.05) is 54.6 Å². The number of rotatable bonds is 2. The predicted molar refractivity (Wildman–Crippen MR) is 105 cm³/mol. The van der Waals surface area contributed by atoms with E-state index in [9.17, 15) is 10.1 Å². The molecule has 0 spiro atoms. The normalized spacial score (nSPS) is 22.1. The van der Waals surface area contributed by atoms with E-state index in [1.165, 1.54) is 0 Å². The summed E-state index contributed by atoms with van der Waals surface area (Å²) in [5, 5.41) is 9.64. The molecule has 4 nitrogen and oxygen atoms in total. The van der Waals surface area contributed by atoms with Gasteiger partial charge in [-0.05, 0) is 29.2 Å². The van der Waals surface area contributed by atoms with Crippen LogP contribution in [0, 0.1) is 11.3 Å². The average Bonchev–Trinajstić information content (AvgIpc) is 2.68. The Morgan fingerprint density at radius 2 is 1.74 bits per heavy atom. The maximum absolute atomic E-state index is 13.1. The van der Waals surface area contributed by atoms with Gasteiger partial charge in [-0.25, -0.2) is 0 Å². The number of nitrogens with two attached hydrogens (primary N) is 1. The number of ether oxygens (including phenoxy) is 1. The SMILES string of the molecule is N#CC1=C(N)OC2=C(C(=O)C[C@@H](c3ccccc3)C2)[C@@H]1c1ccc(Br)cc1. The first-order valence-electron chi connectivity index (χ1n) is 8.72. The summed E-state index contributed by atoms with van der Waals surface area (Å²) in [6.45, 7) is 0. The fourth-order valence-corrected chi connectivity index (χ4v) is 4.12. The molecule has 27 heavy (non-hydrogen) atoms. The molecule has 0 saturated carbocycles. The van der Waals surface area contributed by atoms with Crippen molar-refractivity contribution in [3.63, 3.8) is 0 Å². The van der Waals surface area contributed by atoms with Gasteiger partial charge in [0.25, 0.3) is 0 Å². The van der Waals surface area contributed by atoms with Crippen molar-refractivity contribution in [1.29, 1.82) is 5.26 Å². The number of allylic oxidation sites excluding steroid dienone is 3. The van der Waals surface area contributed by atoms with E-state index >= 15 is 0 Å². The lowest BCUT2D eigenvalue weighted by atomic mass is 9.74. The second-order valence-electron chi connectivity index (χ2n) is 6.75. The van der Waals surface area contributed by atoms with Crippen LogP contribution in [0.5, 0.6) is 0 Å². The highest BCUT2D eigenvalue weighted by Crippen LogP contribution is 2.46. The number of nitriles is 1. The second-order valence-corrected chi connectivity index (χ2v) is 7.67. The number of hydrogen-bond acceptors (Lipinski definition) is 4. The van der Waals surface area contributed by atoms with Gasteiger partial charge in [-0.15, -0.1) is 0 Å². The Labute approximate surface area is 166 Å². The molecule has 4 rings (SSSR count). The third-order valence-corrected chi connectivity index (χ3v) is 5.66. The van der Waals surface area contributed by atoms with Crippen molar-refractivity contribution < 1.29 is 9.53 Å². The fourth-order valence-electron chi connectivity index (χ4n) is 3.86.